The van der Waals surface area contributed by atoms with Crippen LogP contribution in [0.5, 0.6) is 0 Å². The fourth-order valence-electron chi connectivity index (χ4n) is 2.40. The molecule has 0 aliphatic rings. The lowest BCUT2D eigenvalue weighted by atomic mass is 9.94. The summed E-state index contributed by atoms with van der Waals surface area (Å²) in [5, 5.41) is 15.8. The Bertz CT molecular complexity index is 513. The van der Waals surface area contributed by atoms with Crippen molar-refractivity contribution in [2.24, 2.45) is 5.11 Å². The van der Waals surface area contributed by atoms with Gasteiger partial charge in [0.05, 0.1) is 0 Å². The number of nitrogens with one attached hydrogen (secondary N) is 1. The predicted molar refractivity (Wildman–Crippen MR) is 77.7 cm³/mol. The smallest absolute Gasteiger partial charge is 0.325 e. The fraction of sp³-hybridized carbons (Fsp3) is 0.500. The average Bonchev–Trinajstić information content (AvgIpc) is 2.34. The van der Waals surface area contributed by atoms with Gasteiger partial charge in [-0.1, -0.05) is 22.8 Å². The van der Waals surface area contributed by atoms with E-state index in [4.69, 9.17) is 5.53 Å². The maximum atomic E-state index is 11.5. The Morgan fingerprint density at radius 2 is 2.00 bits per heavy atom. The van der Waals surface area contributed by atoms with Crippen LogP contribution in [0.3, 0.4) is 0 Å². The molecule has 0 aromatic heterocycles. The van der Waals surface area contributed by atoms with Gasteiger partial charge in [0.25, 0.3) is 0 Å². The molecule has 1 unspecified atom stereocenters. The second-order valence-electron chi connectivity index (χ2n) is 4.85. The van der Waals surface area contributed by atoms with Gasteiger partial charge < -0.3 is 10.4 Å². The number of carboxylic acid groups (broad SMARTS) is 1. The van der Waals surface area contributed by atoms with Crippen molar-refractivity contribution >= 4 is 5.97 Å². The van der Waals surface area contributed by atoms with E-state index < -0.39 is 12.0 Å². The Morgan fingerprint density at radius 3 is 2.50 bits per heavy atom. The van der Waals surface area contributed by atoms with Crippen molar-refractivity contribution in [2.75, 3.05) is 13.1 Å². The van der Waals surface area contributed by atoms with Crippen molar-refractivity contribution in [3.05, 3.63) is 44.8 Å². The number of hydrogen-bond acceptors (Lipinski definition) is 3. The minimum absolute atomic E-state index is 0.363. The third-order valence-electron chi connectivity index (χ3n) is 3.12. The van der Waals surface area contributed by atoms with Gasteiger partial charge in [-0.25, -0.2) is 0 Å². The topological polar surface area (TPSA) is 98.1 Å². The molecule has 0 radical (unpaired) electrons. The molecule has 6 nitrogen and oxygen atoms in total. The number of hydrogen-bond donors (Lipinski definition) is 2. The summed E-state index contributed by atoms with van der Waals surface area (Å²) in [6.07, 6.45) is 0.609. The number of aliphatic carboxylic acids is 1. The molecule has 1 atom stereocenters. The first-order valence-electron chi connectivity index (χ1n) is 6.52. The quantitative estimate of drug-likeness (QED) is 0.346. The summed E-state index contributed by atoms with van der Waals surface area (Å²) in [5.74, 6) is -0.899. The Kier molecular flexibility index (Phi) is 6.03. The lowest BCUT2D eigenvalue weighted by Gasteiger charge is -2.20. The third kappa shape index (κ3) is 4.26. The van der Waals surface area contributed by atoms with E-state index in [0.717, 1.165) is 22.3 Å². The molecule has 20 heavy (non-hydrogen) atoms. The third-order valence-corrected chi connectivity index (χ3v) is 3.12. The Balaban J connectivity index is 2.86. The normalized spacial score (nSPS) is 11.8. The highest BCUT2D eigenvalue weighted by Gasteiger charge is 2.22. The number of carbonyl (C=O) groups is 1. The molecule has 1 aromatic rings. The molecule has 2 N–H and O–H groups in total. The van der Waals surface area contributed by atoms with E-state index in [-0.39, 0.29) is 0 Å². The van der Waals surface area contributed by atoms with Crippen LogP contribution in [0.15, 0.2) is 17.2 Å². The largest absolute Gasteiger partial charge is 0.480 e. The van der Waals surface area contributed by atoms with E-state index in [1.165, 1.54) is 0 Å². The van der Waals surface area contributed by atoms with E-state index >= 15 is 0 Å². The van der Waals surface area contributed by atoms with Gasteiger partial charge in [-0.2, -0.15) is 0 Å². The van der Waals surface area contributed by atoms with Crippen molar-refractivity contribution in [1.29, 1.82) is 0 Å². The standard InChI is InChI=1S/C14H20N4O2/c1-9-7-10(2)12(11(3)8-9)13(14(19)20)16-5-4-6-17-18-15/h7-8,13,16H,4-6H2,1-3H3,(H,19,20). The van der Waals surface area contributed by atoms with Crippen molar-refractivity contribution < 1.29 is 9.90 Å². The maximum absolute atomic E-state index is 11.5. The summed E-state index contributed by atoms with van der Waals surface area (Å²) in [7, 11) is 0. The van der Waals surface area contributed by atoms with Crippen LogP contribution in [0.1, 0.15) is 34.7 Å². The van der Waals surface area contributed by atoms with Crippen LogP contribution in [0.4, 0.5) is 0 Å². The second-order valence-corrected chi connectivity index (χ2v) is 4.85. The lowest BCUT2D eigenvalue weighted by Crippen LogP contribution is -2.31. The first kappa shape index (κ1) is 16.0. The molecule has 0 fully saturated rings. The van der Waals surface area contributed by atoms with Crippen molar-refractivity contribution in [1.82, 2.24) is 5.32 Å². The van der Waals surface area contributed by atoms with Gasteiger partial charge >= 0.3 is 5.97 Å². The van der Waals surface area contributed by atoms with E-state index in [2.05, 4.69) is 15.3 Å². The highest BCUT2D eigenvalue weighted by molar-refractivity contribution is 5.76. The van der Waals surface area contributed by atoms with E-state index in [9.17, 15) is 9.90 Å². The van der Waals surface area contributed by atoms with Gasteiger partial charge in [0, 0.05) is 11.5 Å². The molecular weight excluding hydrogens is 256 g/mol. The lowest BCUT2D eigenvalue weighted by molar-refractivity contribution is -0.139. The van der Waals surface area contributed by atoms with E-state index in [0.29, 0.717) is 19.5 Å². The minimum atomic E-state index is -0.899. The monoisotopic (exact) mass is 276 g/mol. The first-order chi connectivity index (χ1) is 9.47. The van der Waals surface area contributed by atoms with Crippen molar-refractivity contribution in [3.8, 4) is 0 Å². The van der Waals surface area contributed by atoms with Crippen LogP contribution in [0.25, 0.3) is 10.4 Å². The zero-order valence-electron chi connectivity index (χ0n) is 12.1. The zero-order chi connectivity index (χ0) is 15.1. The van der Waals surface area contributed by atoms with Gasteiger partial charge in [-0.05, 0) is 56.0 Å². The fourth-order valence-corrected chi connectivity index (χ4v) is 2.40. The SMILES string of the molecule is Cc1cc(C)c(C(NCCCN=[N+]=[N-])C(=O)O)c(C)c1. The Hall–Kier alpha value is -2.04. The Morgan fingerprint density at radius 1 is 1.40 bits per heavy atom. The van der Waals surface area contributed by atoms with Crippen LogP contribution < -0.4 is 5.32 Å². The molecule has 0 spiro atoms. The molecule has 1 rings (SSSR count). The second kappa shape index (κ2) is 7.53. The first-order valence-corrected chi connectivity index (χ1v) is 6.52. The molecule has 0 heterocycles. The molecule has 1 aromatic carbocycles. The van der Waals surface area contributed by atoms with Crippen LogP contribution in [0, 0.1) is 20.8 Å². The summed E-state index contributed by atoms with van der Waals surface area (Å²) in [6, 6.07) is 3.24. The summed E-state index contributed by atoms with van der Waals surface area (Å²) >= 11 is 0. The molecule has 108 valence electrons. The minimum Gasteiger partial charge on any atom is -0.480 e. The summed E-state index contributed by atoms with van der Waals surface area (Å²) < 4.78 is 0. The van der Waals surface area contributed by atoms with E-state index in [1.54, 1.807) is 0 Å². The van der Waals surface area contributed by atoms with Crippen LogP contribution in [0.2, 0.25) is 0 Å². The number of aryl methyl sites for hydroxylation is 3. The molecule has 0 bridgehead atoms. The van der Waals surface area contributed by atoms with Crippen LogP contribution in [-0.2, 0) is 4.79 Å². The molecule has 0 saturated heterocycles. The number of benzene rings is 1. The number of carboxylic acids is 1. The summed E-state index contributed by atoms with van der Waals surface area (Å²) in [4.78, 5) is 14.1. The van der Waals surface area contributed by atoms with Gasteiger partial charge in [0.15, 0.2) is 0 Å². The van der Waals surface area contributed by atoms with Gasteiger partial charge in [0.1, 0.15) is 6.04 Å². The van der Waals surface area contributed by atoms with Crippen LogP contribution >= 0.6 is 0 Å². The van der Waals surface area contributed by atoms with Gasteiger partial charge in [-0.3, -0.25) is 4.79 Å². The number of nitrogens with zero attached hydrogens (tertiary/aromatic N) is 3. The Labute approximate surface area is 118 Å². The predicted octanol–water partition coefficient (Wildman–Crippen LogP) is 3.03. The van der Waals surface area contributed by atoms with Crippen LogP contribution in [-0.4, -0.2) is 24.2 Å². The highest BCUT2D eigenvalue weighted by Crippen LogP contribution is 2.23. The molecule has 0 saturated carbocycles. The summed E-state index contributed by atoms with van der Waals surface area (Å²) in [6.45, 7) is 6.69. The zero-order valence-corrected chi connectivity index (χ0v) is 12.1. The number of azide groups is 1. The molecule has 0 aliphatic carbocycles. The highest BCUT2D eigenvalue weighted by atomic mass is 16.4. The maximum Gasteiger partial charge on any atom is 0.325 e. The molecular formula is C14H20N4O2. The van der Waals surface area contributed by atoms with Crippen molar-refractivity contribution in [3.63, 3.8) is 0 Å². The molecule has 6 heteroatoms. The summed E-state index contributed by atoms with van der Waals surface area (Å²) in [5.41, 5.74) is 12.1. The number of rotatable bonds is 7. The van der Waals surface area contributed by atoms with Gasteiger partial charge in [0.2, 0.25) is 0 Å². The van der Waals surface area contributed by atoms with Crippen molar-refractivity contribution in [2.45, 2.75) is 33.2 Å². The van der Waals surface area contributed by atoms with Gasteiger partial charge in [-0.15, -0.1) is 0 Å². The average molecular weight is 276 g/mol. The molecule has 0 aliphatic heterocycles. The molecule has 0 amide bonds. The van der Waals surface area contributed by atoms with E-state index in [1.807, 2.05) is 32.9 Å².